The van der Waals surface area contributed by atoms with Gasteiger partial charge >= 0.3 is 5.97 Å². The van der Waals surface area contributed by atoms with Gasteiger partial charge in [0.1, 0.15) is 0 Å². The minimum Gasteiger partial charge on any atom is -0.465 e. The highest BCUT2D eigenvalue weighted by Gasteiger charge is 2.17. The third-order valence-corrected chi connectivity index (χ3v) is 6.95. The minimum atomic E-state index is -0.414. The molecule has 1 aromatic carbocycles. The molecule has 0 N–H and O–H groups in total. The second-order valence-corrected chi connectivity index (χ2v) is 9.14. The Morgan fingerprint density at radius 1 is 1.13 bits per heavy atom. The normalized spacial score (nSPS) is 14.8. The number of fused-ring (bicyclic) bond motifs is 1. The number of esters is 1. The molecular formula is C21H27N3O5S2. The molecule has 1 fully saturated rings. The van der Waals surface area contributed by atoms with Gasteiger partial charge in [-0.05, 0) is 37.5 Å². The van der Waals surface area contributed by atoms with E-state index < -0.39 is 5.97 Å². The highest BCUT2D eigenvalue weighted by atomic mass is 32.2. The zero-order valence-electron chi connectivity index (χ0n) is 17.8. The lowest BCUT2D eigenvalue weighted by Crippen LogP contribution is -2.36. The van der Waals surface area contributed by atoms with Gasteiger partial charge in [-0.25, -0.2) is 4.79 Å². The Bertz CT molecular complexity index is 1010. The Labute approximate surface area is 189 Å². The molecule has 1 aliphatic rings. The van der Waals surface area contributed by atoms with Crippen LogP contribution in [-0.2, 0) is 25.6 Å². The van der Waals surface area contributed by atoms with Crippen molar-refractivity contribution in [3.05, 3.63) is 28.6 Å². The first-order valence-electron chi connectivity index (χ1n) is 10.2. The summed E-state index contributed by atoms with van der Waals surface area (Å²) in [6.45, 7) is 2.62. The molecule has 1 saturated heterocycles. The van der Waals surface area contributed by atoms with Crippen LogP contribution in [0, 0.1) is 0 Å². The Balaban J connectivity index is 1.73. The number of amides is 2. The predicted octanol–water partition coefficient (Wildman–Crippen LogP) is 2.31. The van der Waals surface area contributed by atoms with Gasteiger partial charge in [0.15, 0.2) is 4.80 Å². The number of thioether (sulfide) groups is 1. The summed E-state index contributed by atoms with van der Waals surface area (Å²) in [5.74, 6) is -0.180. The van der Waals surface area contributed by atoms with Crippen molar-refractivity contribution in [2.24, 2.45) is 4.99 Å². The number of benzene rings is 1. The number of methoxy groups -OCH3 is 2. The number of ether oxygens (including phenoxy) is 2. The van der Waals surface area contributed by atoms with E-state index in [-0.39, 0.29) is 17.6 Å². The first-order chi connectivity index (χ1) is 15.0. The van der Waals surface area contributed by atoms with Crippen LogP contribution in [0.1, 0.15) is 29.6 Å². The summed E-state index contributed by atoms with van der Waals surface area (Å²) >= 11 is 2.63. The second-order valence-electron chi connectivity index (χ2n) is 7.14. The van der Waals surface area contributed by atoms with E-state index >= 15 is 0 Å². The predicted molar refractivity (Wildman–Crippen MR) is 121 cm³/mol. The molecule has 2 amide bonds. The fourth-order valence-electron chi connectivity index (χ4n) is 3.40. The number of piperidine rings is 1. The quantitative estimate of drug-likeness (QED) is 0.556. The number of aromatic nitrogens is 1. The zero-order chi connectivity index (χ0) is 22.2. The van der Waals surface area contributed by atoms with Gasteiger partial charge in [0.05, 0.1) is 41.0 Å². The van der Waals surface area contributed by atoms with Crippen LogP contribution in [-0.4, -0.2) is 72.7 Å². The van der Waals surface area contributed by atoms with E-state index in [4.69, 9.17) is 9.47 Å². The zero-order valence-corrected chi connectivity index (χ0v) is 19.4. The number of hydrogen-bond acceptors (Lipinski definition) is 7. The van der Waals surface area contributed by atoms with Crippen molar-refractivity contribution in [3.63, 3.8) is 0 Å². The van der Waals surface area contributed by atoms with Crippen LogP contribution in [0.25, 0.3) is 10.2 Å². The fraction of sp³-hybridized carbons (Fsp3) is 0.524. The molecule has 2 heterocycles. The van der Waals surface area contributed by atoms with Gasteiger partial charge in [-0.3, -0.25) is 9.59 Å². The van der Waals surface area contributed by atoms with Crippen molar-refractivity contribution >= 4 is 51.1 Å². The average Bonchev–Trinajstić information content (AvgIpc) is 3.13. The summed E-state index contributed by atoms with van der Waals surface area (Å²) in [5.41, 5.74) is 1.31. The van der Waals surface area contributed by atoms with E-state index in [0.717, 1.165) is 36.1 Å². The summed E-state index contributed by atoms with van der Waals surface area (Å²) in [7, 11) is 2.95. The molecule has 1 aliphatic heterocycles. The Kier molecular flexibility index (Phi) is 8.68. The van der Waals surface area contributed by atoms with E-state index in [1.165, 1.54) is 36.6 Å². The summed E-state index contributed by atoms with van der Waals surface area (Å²) in [5, 5.41) is 0. The number of thiazole rings is 1. The first kappa shape index (κ1) is 23.5. The van der Waals surface area contributed by atoms with E-state index in [1.807, 2.05) is 15.5 Å². The van der Waals surface area contributed by atoms with Crippen LogP contribution in [0.5, 0.6) is 0 Å². The van der Waals surface area contributed by atoms with E-state index in [2.05, 4.69) is 4.99 Å². The highest BCUT2D eigenvalue weighted by Crippen LogP contribution is 2.20. The summed E-state index contributed by atoms with van der Waals surface area (Å²) in [6.07, 6.45) is 3.28. The van der Waals surface area contributed by atoms with Gasteiger partial charge in [-0.15, -0.1) is 11.8 Å². The Hall–Kier alpha value is -2.17. The molecule has 10 heteroatoms. The van der Waals surface area contributed by atoms with Crippen LogP contribution in [0.4, 0.5) is 0 Å². The Morgan fingerprint density at radius 3 is 2.61 bits per heavy atom. The number of likely N-dealkylation sites (tertiary alicyclic amines) is 1. The van der Waals surface area contributed by atoms with Crippen LogP contribution >= 0.6 is 23.1 Å². The highest BCUT2D eigenvalue weighted by molar-refractivity contribution is 8.00. The minimum absolute atomic E-state index is 0.0878. The lowest BCUT2D eigenvalue weighted by molar-refractivity contribution is -0.129. The third kappa shape index (κ3) is 6.18. The maximum Gasteiger partial charge on any atom is 0.337 e. The van der Waals surface area contributed by atoms with Crippen molar-refractivity contribution in [1.82, 2.24) is 9.47 Å². The Morgan fingerprint density at radius 2 is 1.90 bits per heavy atom. The number of hydrogen-bond donors (Lipinski definition) is 0. The molecule has 0 unspecified atom stereocenters. The molecule has 3 rings (SSSR count). The van der Waals surface area contributed by atoms with E-state index in [0.29, 0.717) is 29.3 Å². The number of carbonyl (C=O) groups is 3. The molecule has 1 aromatic heterocycles. The van der Waals surface area contributed by atoms with Crippen molar-refractivity contribution in [2.75, 3.05) is 45.4 Å². The van der Waals surface area contributed by atoms with Gasteiger partial charge in [0.25, 0.3) is 5.91 Å². The van der Waals surface area contributed by atoms with Crippen LogP contribution in [0.3, 0.4) is 0 Å². The summed E-state index contributed by atoms with van der Waals surface area (Å²) in [4.78, 5) is 43.2. The standard InChI is InChI=1S/C21H27N3O5S2/c1-28-11-10-24-16-7-6-15(20(27)29-2)12-17(16)31-21(24)22-18(25)13-30-14-19(26)23-8-4-3-5-9-23/h6-7,12H,3-5,8-11,13-14H2,1-2H3. The van der Waals surface area contributed by atoms with Crippen molar-refractivity contribution in [2.45, 2.75) is 25.8 Å². The third-order valence-electron chi connectivity index (χ3n) is 5.00. The van der Waals surface area contributed by atoms with Crippen molar-refractivity contribution in [3.8, 4) is 0 Å². The second kappa shape index (κ2) is 11.4. The molecule has 0 radical (unpaired) electrons. The fourth-order valence-corrected chi connectivity index (χ4v) is 5.21. The van der Waals surface area contributed by atoms with Crippen LogP contribution < -0.4 is 4.80 Å². The monoisotopic (exact) mass is 465 g/mol. The van der Waals surface area contributed by atoms with E-state index in [9.17, 15) is 14.4 Å². The van der Waals surface area contributed by atoms with Gasteiger partial charge in [-0.1, -0.05) is 11.3 Å². The largest absolute Gasteiger partial charge is 0.465 e. The molecule has 0 bridgehead atoms. The average molecular weight is 466 g/mol. The summed E-state index contributed by atoms with van der Waals surface area (Å²) in [6, 6.07) is 5.26. The molecular weight excluding hydrogens is 438 g/mol. The van der Waals surface area contributed by atoms with Crippen molar-refractivity contribution in [1.29, 1.82) is 0 Å². The van der Waals surface area contributed by atoms with Crippen molar-refractivity contribution < 1.29 is 23.9 Å². The molecule has 31 heavy (non-hydrogen) atoms. The maximum absolute atomic E-state index is 12.5. The van der Waals surface area contributed by atoms with E-state index in [1.54, 1.807) is 19.2 Å². The molecule has 8 nitrogen and oxygen atoms in total. The van der Waals surface area contributed by atoms with Crippen LogP contribution in [0.15, 0.2) is 23.2 Å². The molecule has 2 aromatic rings. The SMILES string of the molecule is COCCn1c(=NC(=O)CSCC(=O)N2CCCCC2)sc2cc(C(=O)OC)ccc21. The van der Waals surface area contributed by atoms with Gasteiger partial charge in [0.2, 0.25) is 5.91 Å². The van der Waals surface area contributed by atoms with Gasteiger partial charge in [0, 0.05) is 26.7 Å². The smallest absolute Gasteiger partial charge is 0.337 e. The number of rotatable bonds is 8. The first-order valence-corrected chi connectivity index (χ1v) is 12.1. The molecule has 0 atom stereocenters. The topological polar surface area (TPSA) is 90.2 Å². The lowest BCUT2D eigenvalue weighted by atomic mass is 10.1. The lowest BCUT2D eigenvalue weighted by Gasteiger charge is -2.26. The molecule has 0 saturated carbocycles. The number of carbonyl (C=O) groups excluding carboxylic acids is 3. The maximum atomic E-state index is 12.5. The van der Waals surface area contributed by atoms with Crippen LogP contribution in [0.2, 0.25) is 0 Å². The van der Waals surface area contributed by atoms with Gasteiger partial charge < -0.3 is 18.9 Å². The van der Waals surface area contributed by atoms with Gasteiger partial charge in [-0.2, -0.15) is 4.99 Å². The molecule has 0 aliphatic carbocycles. The molecule has 0 spiro atoms. The number of nitrogens with zero attached hydrogens (tertiary/aromatic N) is 3. The molecule has 168 valence electrons. The summed E-state index contributed by atoms with van der Waals surface area (Å²) < 4.78 is 12.7.